The van der Waals surface area contributed by atoms with Crippen LogP contribution in [0.2, 0.25) is 0 Å². The van der Waals surface area contributed by atoms with Crippen LogP contribution in [0.4, 0.5) is 13.2 Å². The normalized spacial score (nSPS) is 11.3. The van der Waals surface area contributed by atoms with Gasteiger partial charge in [0.2, 0.25) is 5.75 Å². The van der Waals surface area contributed by atoms with E-state index in [1.54, 1.807) is 19.2 Å². The topological polar surface area (TPSA) is 49.0 Å². The molecule has 0 heterocycles. The van der Waals surface area contributed by atoms with Crippen LogP contribution in [0.3, 0.4) is 0 Å². The maximum Gasteiger partial charge on any atom is 0.522 e. The van der Waals surface area contributed by atoms with Crippen LogP contribution in [0.25, 0.3) is 0 Å². The monoisotopic (exact) mass is 309 g/mol. The quantitative estimate of drug-likeness (QED) is 0.747. The molecule has 0 bridgehead atoms. The zero-order valence-electron chi connectivity index (χ0n) is 12.0. The van der Waals surface area contributed by atoms with Gasteiger partial charge in [0.15, 0.2) is 11.5 Å². The summed E-state index contributed by atoms with van der Waals surface area (Å²) in [5.41, 5.74) is 0.894. The van der Waals surface area contributed by atoms with Crippen LogP contribution in [0, 0.1) is 0 Å². The molecule has 0 atom stereocenters. The van der Waals surface area contributed by atoms with Crippen LogP contribution in [-0.2, 0) is 11.3 Å². The predicted molar refractivity (Wildman–Crippen MR) is 69.8 cm³/mol. The lowest BCUT2D eigenvalue weighted by Gasteiger charge is -2.16. The molecule has 0 radical (unpaired) electrons. The first-order valence-electron chi connectivity index (χ1n) is 6.14. The molecule has 1 N–H and O–H groups in total. The van der Waals surface area contributed by atoms with Gasteiger partial charge in [-0.3, -0.25) is 4.74 Å². The van der Waals surface area contributed by atoms with Gasteiger partial charge in [0.1, 0.15) is 6.61 Å². The number of alkyl halides is 3. The van der Waals surface area contributed by atoms with E-state index in [4.69, 9.17) is 14.2 Å². The summed E-state index contributed by atoms with van der Waals surface area (Å²) in [5, 5.41) is 2.98. The van der Waals surface area contributed by atoms with E-state index in [-0.39, 0.29) is 12.4 Å². The number of rotatable bonds is 8. The maximum atomic E-state index is 11.9. The summed E-state index contributed by atoms with van der Waals surface area (Å²) in [6.07, 6.45) is -4.67. The van der Waals surface area contributed by atoms with E-state index < -0.39 is 13.0 Å². The van der Waals surface area contributed by atoms with Gasteiger partial charge in [-0.2, -0.15) is 0 Å². The van der Waals surface area contributed by atoms with Gasteiger partial charge in [-0.1, -0.05) is 0 Å². The van der Waals surface area contributed by atoms with Crippen LogP contribution < -0.4 is 19.5 Å². The molecule has 0 saturated carbocycles. The van der Waals surface area contributed by atoms with E-state index in [1.807, 2.05) is 0 Å². The van der Waals surface area contributed by atoms with Crippen molar-refractivity contribution in [1.82, 2.24) is 5.32 Å². The number of halogens is 3. The molecule has 5 nitrogen and oxygen atoms in total. The third-order valence-corrected chi connectivity index (χ3v) is 2.50. The van der Waals surface area contributed by atoms with E-state index in [1.165, 1.54) is 14.2 Å². The molecule has 0 spiro atoms. The molecule has 0 amide bonds. The fourth-order valence-corrected chi connectivity index (χ4v) is 1.68. The minimum Gasteiger partial charge on any atom is -0.493 e. The van der Waals surface area contributed by atoms with Crippen molar-refractivity contribution in [3.63, 3.8) is 0 Å². The summed E-state index contributed by atoms with van der Waals surface area (Å²) >= 11 is 0. The molecule has 21 heavy (non-hydrogen) atoms. The Morgan fingerprint density at radius 3 is 2.05 bits per heavy atom. The zero-order chi connectivity index (χ0) is 15.9. The fraction of sp³-hybridized carbons (Fsp3) is 0.538. The summed E-state index contributed by atoms with van der Waals surface area (Å²) in [5.74, 6) is 1.00. The second-order valence-corrected chi connectivity index (χ2v) is 4.00. The second-order valence-electron chi connectivity index (χ2n) is 4.00. The van der Waals surface area contributed by atoms with E-state index in [2.05, 4.69) is 10.1 Å². The van der Waals surface area contributed by atoms with Crippen molar-refractivity contribution in [2.24, 2.45) is 0 Å². The molecular formula is C13H18F3NO4. The summed E-state index contributed by atoms with van der Waals surface area (Å²) in [7, 11) is 4.67. The lowest BCUT2D eigenvalue weighted by Crippen LogP contribution is -2.18. The molecule has 0 unspecified atom stereocenters. The molecule has 0 saturated heterocycles. The number of ether oxygens (including phenoxy) is 4. The summed E-state index contributed by atoms with van der Waals surface area (Å²) in [4.78, 5) is 0. The maximum absolute atomic E-state index is 11.9. The van der Waals surface area contributed by atoms with Crippen LogP contribution in [0.1, 0.15) is 5.56 Å². The van der Waals surface area contributed by atoms with Crippen LogP contribution in [-0.4, -0.2) is 40.8 Å². The van der Waals surface area contributed by atoms with Crippen LogP contribution in [0.15, 0.2) is 12.1 Å². The van der Waals surface area contributed by atoms with Crippen molar-refractivity contribution in [3.05, 3.63) is 17.7 Å². The summed E-state index contributed by atoms with van der Waals surface area (Å²) in [6.45, 7) is -0.310. The van der Waals surface area contributed by atoms with Crippen molar-refractivity contribution in [2.75, 3.05) is 34.5 Å². The second kappa shape index (κ2) is 7.94. The number of nitrogens with one attached hydrogen (secondary N) is 1. The van der Waals surface area contributed by atoms with Gasteiger partial charge in [-0.25, -0.2) is 0 Å². The largest absolute Gasteiger partial charge is 0.522 e. The van der Waals surface area contributed by atoms with Crippen molar-refractivity contribution < 1.29 is 32.1 Å². The number of hydrogen-bond acceptors (Lipinski definition) is 5. The molecule has 1 rings (SSSR count). The lowest BCUT2D eigenvalue weighted by atomic mass is 10.2. The zero-order valence-corrected chi connectivity index (χ0v) is 12.0. The number of methoxy groups -OCH3 is 2. The Labute approximate surface area is 120 Å². The molecule has 0 aliphatic carbocycles. The smallest absolute Gasteiger partial charge is 0.493 e. The summed E-state index contributed by atoms with van der Waals surface area (Å²) < 4.78 is 54.9. The highest BCUT2D eigenvalue weighted by molar-refractivity contribution is 5.53. The number of benzene rings is 1. The van der Waals surface area contributed by atoms with Gasteiger partial charge in [-0.15, -0.1) is 13.2 Å². The Morgan fingerprint density at radius 1 is 1.05 bits per heavy atom. The van der Waals surface area contributed by atoms with Crippen molar-refractivity contribution in [3.8, 4) is 17.2 Å². The minimum atomic E-state index is -4.67. The Kier molecular flexibility index (Phi) is 6.57. The molecule has 0 aliphatic heterocycles. The fourth-order valence-electron chi connectivity index (χ4n) is 1.68. The van der Waals surface area contributed by atoms with Crippen molar-refractivity contribution in [1.29, 1.82) is 0 Å². The first kappa shape index (κ1) is 17.4. The van der Waals surface area contributed by atoms with E-state index in [9.17, 15) is 13.2 Å². The molecule has 1 aromatic carbocycles. The van der Waals surface area contributed by atoms with Crippen LogP contribution in [0.5, 0.6) is 17.2 Å². The first-order chi connectivity index (χ1) is 9.91. The van der Waals surface area contributed by atoms with Crippen molar-refractivity contribution in [2.45, 2.75) is 12.9 Å². The predicted octanol–water partition coefficient (Wildman–Crippen LogP) is 2.34. The SMILES string of the molecule is CNCc1cc(OC)c(OCCOC(F)(F)F)c(OC)c1. The summed E-state index contributed by atoms with van der Waals surface area (Å²) in [6, 6.07) is 3.44. The Morgan fingerprint density at radius 2 is 1.62 bits per heavy atom. The standard InChI is InChI=1S/C13H18F3NO4/c1-17-8-9-6-10(18-2)12(11(7-9)19-3)20-4-5-21-13(14,15)16/h6-7,17H,4-5,8H2,1-3H3. The lowest BCUT2D eigenvalue weighted by molar-refractivity contribution is -0.325. The van der Waals surface area contributed by atoms with Crippen molar-refractivity contribution >= 4 is 0 Å². The van der Waals surface area contributed by atoms with E-state index in [0.29, 0.717) is 18.0 Å². The van der Waals surface area contributed by atoms with Gasteiger partial charge in [-0.05, 0) is 24.7 Å². The van der Waals surface area contributed by atoms with Gasteiger partial charge in [0.25, 0.3) is 0 Å². The molecule has 120 valence electrons. The Balaban J connectivity index is 2.79. The molecular weight excluding hydrogens is 291 g/mol. The highest BCUT2D eigenvalue weighted by atomic mass is 19.4. The third kappa shape index (κ3) is 5.68. The molecule has 8 heteroatoms. The highest BCUT2D eigenvalue weighted by Gasteiger charge is 2.28. The average Bonchev–Trinajstić information content (AvgIpc) is 2.43. The van der Waals surface area contributed by atoms with Gasteiger partial charge < -0.3 is 19.5 Å². The Bertz CT molecular complexity index is 427. The minimum absolute atomic E-state index is 0.241. The molecule has 0 aromatic heterocycles. The first-order valence-corrected chi connectivity index (χ1v) is 6.14. The van der Waals surface area contributed by atoms with Crippen LogP contribution >= 0.6 is 0 Å². The van der Waals surface area contributed by atoms with E-state index in [0.717, 1.165) is 5.56 Å². The number of hydrogen-bond donors (Lipinski definition) is 1. The highest BCUT2D eigenvalue weighted by Crippen LogP contribution is 2.38. The third-order valence-electron chi connectivity index (χ3n) is 2.50. The molecule has 0 fully saturated rings. The van der Waals surface area contributed by atoms with E-state index >= 15 is 0 Å². The molecule has 0 aliphatic rings. The average molecular weight is 309 g/mol. The Hall–Kier alpha value is -1.67. The van der Waals surface area contributed by atoms with Gasteiger partial charge in [0.05, 0.1) is 20.8 Å². The molecule has 1 aromatic rings. The van der Waals surface area contributed by atoms with Gasteiger partial charge in [0, 0.05) is 6.54 Å². The van der Waals surface area contributed by atoms with Gasteiger partial charge >= 0.3 is 6.36 Å².